The van der Waals surface area contributed by atoms with E-state index < -0.39 is 28.6 Å². The van der Waals surface area contributed by atoms with Crippen molar-refractivity contribution in [2.75, 3.05) is 6.54 Å². The van der Waals surface area contributed by atoms with Gasteiger partial charge in [0.2, 0.25) is 5.43 Å². The standard InChI is InChI=1S/C15H10F2N2O3S/c1-2-18-6-8-11(17)9(16)5-7-12(8)19-3-4-23-14(19)10(13(7)20)15(21)22/h3-6H,2H2,1H3,(H,21,22). The van der Waals surface area contributed by atoms with Crippen molar-refractivity contribution in [1.82, 2.24) is 4.40 Å². The molecule has 118 valence electrons. The van der Waals surface area contributed by atoms with Gasteiger partial charge in [-0.15, -0.1) is 11.3 Å². The molecule has 0 bridgehead atoms. The number of thiazole rings is 1. The summed E-state index contributed by atoms with van der Waals surface area (Å²) >= 11 is 1.04. The van der Waals surface area contributed by atoms with E-state index in [1.807, 2.05) is 0 Å². The van der Waals surface area contributed by atoms with Gasteiger partial charge in [-0.25, -0.2) is 13.6 Å². The first-order valence-corrected chi connectivity index (χ1v) is 7.52. The third kappa shape index (κ3) is 2.22. The molecule has 3 aromatic rings. The predicted molar refractivity (Wildman–Crippen MR) is 84.1 cm³/mol. The van der Waals surface area contributed by atoms with Gasteiger partial charge in [0.1, 0.15) is 10.4 Å². The summed E-state index contributed by atoms with van der Waals surface area (Å²) in [5, 5.41) is 10.6. The maximum atomic E-state index is 14.2. The van der Waals surface area contributed by atoms with E-state index in [1.165, 1.54) is 10.6 Å². The van der Waals surface area contributed by atoms with Crippen LogP contribution in [0.5, 0.6) is 0 Å². The van der Waals surface area contributed by atoms with E-state index in [2.05, 4.69) is 4.99 Å². The van der Waals surface area contributed by atoms with E-state index in [9.17, 15) is 23.5 Å². The lowest BCUT2D eigenvalue weighted by atomic mass is 10.1. The van der Waals surface area contributed by atoms with Gasteiger partial charge in [0.05, 0.1) is 16.5 Å². The fourth-order valence-electron chi connectivity index (χ4n) is 2.43. The molecular formula is C15H10F2N2O3S. The highest BCUT2D eigenvalue weighted by molar-refractivity contribution is 7.16. The molecule has 0 aliphatic carbocycles. The zero-order valence-corrected chi connectivity index (χ0v) is 12.7. The number of carbonyl (C=O) groups is 1. The molecule has 23 heavy (non-hydrogen) atoms. The van der Waals surface area contributed by atoms with E-state index in [4.69, 9.17) is 0 Å². The molecule has 2 heterocycles. The van der Waals surface area contributed by atoms with Gasteiger partial charge in [0.25, 0.3) is 0 Å². The Labute approximate surface area is 132 Å². The van der Waals surface area contributed by atoms with Crippen molar-refractivity contribution >= 4 is 39.3 Å². The average molecular weight is 336 g/mol. The number of aromatic nitrogens is 1. The van der Waals surface area contributed by atoms with E-state index in [-0.39, 0.29) is 21.3 Å². The summed E-state index contributed by atoms with van der Waals surface area (Å²) in [5.41, 5.74) is -1.38. The second kappa shape index (κ2) is 5.54. The second-order valence-electron chi connectivity index (χ2n) is 4.70. The number of aromatic carboxylic acids is 1. The van der Waals surface area contributed by atoms with Crippen LogP contribution in [-0.4, -0.2) is 28.2 Å². The topological polar surface area (TPSA) is 71.1 Å². The van der Waals surface area contributed by atoms with Crippen LogP contribution in [0.4, 0.5) is 8.78 Å². The molecular weight excluding hydrogens is 326 g/mol. The molecule has 0 unspecified atom stereocenters. The first-order chi connectivity index (χ1) is 11.0. The van der Waals surface area contributed by atoms with Crippen LogP contribution in [-0.2, 0) is 0 Å². The van der Waals surface area contributed by atoms with E-state index in [1.54, 1.807) is 12.3 Å². The second-order valence-corrected chi connectivity index (χ2v) is 5.59. The number of fused-ring (bicyclic) bond motifs is 3. The van der Waals surface area contributed by atoms with Crippen LogP contribution >= 0.6 is 11.3 Å². The Morgan fingerprint density at radius 2 is 2.22 bits per heavy atom. The molecule has 0 amide bonds. The largest absolute Gasteiger partial charge is 0.477 e. The Morgan fingerprint density at radius 3 is 2.87 bits per heavy atom. The third-order valence-corrected chi connectivity index (χ3v) is 4.26. The predicted octanol–water partition coefficient (Wildman–Crippen LogP) is 2.93. The van der Waals surface area contributed by atoms with Gasteiger partial charge >= 0.3 is 5.97 Å². The smallest absolute Gasteiger partial charge is 0.342 e. The number of rotatable bonds is 3. The fraction of sp³-hybridized carbons (Fsp3) is 0.133. The van der Waals surface area contributed by atoms with Gasteiger partial charge in [-0.2, -0.15) is 0 Å². The number of carboxylic acids is 1. The highest BCUT2D eigenvalue weighted by Gasteiger charge is 2.23. The number of nitrogens with zero attached hydrogens (tertiary/aromatic N) is 2. The molecule has 2 aromatic heterocycles. The molecule has 5 nitrogen and oxygen atoms in total. The number of halogens is 2. The van der Waals surface area contributed by atoms with Crippen molar-refractivity contribution in [3.05, 3.63) is 50.6 Å². The Balaban J connectivity index is 2.64. The molecule has 0 radical (unpaired) electrons. The van der Waals surface area contributed by atoms with Crippen molar-refractivity contribution in [3.8, 4) is 0 Å². The molecule has 0 spiro atoms. The lowest BCUT2D eigenvalue weighted by molar-refractivity contribution is 0.0697. The summed E-state index contributed by atoms with van der Waals surface area (Å²) in [6.07, 6.45) is 2.67. The molecule has 8 heteroatoms. The molecule has 1 aromatic carbocycles. The van der Waals surface area contributed by atoms with Gasteiger partial charge < -0.3 is 9.51 Å². The zero-order valence-electron chi connectivity index (χ0n) is 11.8. The van der Waals surface area contributed by atoms with Crippen LogP contribution in [0.15, 0.2) is 27.4 Å². The van der Waals surface area contributed by atoms with Gasteiger partial charge in [0, 0.05) is 24.3 Å². The summed E-state index contributed by atoms with van der Waals surface area (Å²) in [4.78, 5) is 27.9. The van der Waals surface area contributed by atoms with Crippen LogP contribution in [0.1, 0.15) is 22.8 Å². The number of aliphatic imine (C=N–C) groups is 1. The number of hydrogen-bond acceptors (Lipinski definition) is 4. The maximum absolute atomic E-state index is 14.2. The molecule has 0 aliphatic heterocycles. The maximum Gasteiger partial charge on any atom is 0.342 e. The summed E-state index contributed by atoms with van der Waals surface area (Å²) in [6.45, 7) is 2.08. The molecule has 0 fully saturated rings. The summed E-state index contributed by atoms with van der Waals surface area (Å²) < 4.78 is 29.4. The monoisotopic (exact) mass is 336 g/mol. The van der Waals surface area contributed by atoms with Crippen molar-refractivity contribution in [3.63, 3.8) is 0 Å². The van der Waals surface area contributed by atoms with Crippen LogP contribution in [0.25, 0.3) is 15.7 Å². The Kier molecular flexibility index (Phi) is 3.69. The summed E-state index contributed by atoms with van der Waals surface area (Å²) in [6, 6.07) is 0.729. The number of hydrogen-bond donors (Lipinski definition) is 1. The third-order valence-electron chi connectivity index (χ3n) is 3.38. The van der Waals surface area contributed by atoms with Crippen molar-refractivity contribution in [2.24, 2.45) is 4.99 Å². The molecule has 0 saturated carbocycles. The zero-order chi connectivity index (χ0) is 16.7. The van der Waals surface area contributed by atoms with E-state index in [0.717, 1.165) is 23.6 Å². The highest BCUT2D eigenvalue weighted by Crippen LogP contribution is 2.26. The Bertz CT molecular complexity index is 1040. The summed E-state index contributed by atoms with van der Waals surface area (Å²) in [7, 11) is 0. The minimum Gasteiger partial charge on any atom is -0.477 e. The van der Waals surface area contributed by atoms with Gasteiger partial charge in [-0.05, 0) is 13.0 Å². The van der Waals surface area contributed by atoms with Crippen molar-refractivity contribution in [2.45, 2.75) is 6.92 Å². The van der Waals surface area contributed by atoms with Gasteiger partial charge in [-0.3, -0.25) is 9.79 Å². The Hall–Kier alpha value is -2.61. The first kappa shape index (κ1) is 15.3. The van der Waals surface area contributed by atoms with Crippen molar-refractivity contribution in [1.29, 1.82) is 0 Å². The van der Waals surface area contributed by atoms with Crippen LogP contribution < -0.4 is 5.43 Å². The summed E-state index contributed by atoms with van der Waals surface area (Å²) in [5.74, 6) is -3.76. The number of benzene rings is 1. The lowest BCUT2D eigenvalue weighted by Crippen LogP contribution is -2.18. The fourth-order valence-corrected chi connectivity index (χ4v) is 3.30. The first-order valence-electron chi connectivity index (χ1n) is 6.64. The van der Waals surface area contributed by atoms with Crippen LogP contribution in [0, 0.1) is 11.6 Å². The number of carboxylic acid groups (broad SMARTS) is 1. The molecule has 0 saturated heterocycles. The SMILES string of the molecule is CCN=Cc1c(F)c(F)cc2c(=O)c(C(=O)O)c3sccn3c12. The molecule has 1 N–H and O–H groups in total. The van der Waals surface area contributed by atoms with Crippen molar-refractivity contribution < 1.29 is 18.7 Å². The van der Waals surface area contributed by atoms with Gasteiger partial charge in [0.15, 0.2) is 11.6 Å². The minimum absolute atomic E-state index is 0.104. The molecule has 0 aliphatic rings. The van der Waals surface area contributed by atoms with E-state index in [0.29, 0.717) is 6.54 Å². The molecule has 0 atom stereocenters. The number of pyridine rings is 1. The Morgan fingerprint density at radius 1 is 1.48 bits per heavy atom. The van der Waals surface area contributed by atoms with Gasteiger partial charge in [-0.1, -0.05) is 0 Å². The lowest BCUT2D eigenvalue weighted by Gasteiger charge is -2.09. The van der Waals surface area contributed by atoms with Crippen LogP contribution in [0.3, 0.4) is 0 Å². The van der Waals surface area contributed by atoms with E-state index >= 15 is 0 Å². The quantitative estimate of drug-likeness (QED) is 0.748. The molecule has 3 rings (SSSR count). The highest BCUT2D eigenvalue weighted by atomic mass is 32.1. The normalized spacial score (nSPS) is 11.8. The average Bonchev–Trinajstić information content (AvgIpc) is 2.97. The minimum atomic E-state index is -1.41. The van der Waals surface area contributed by atoms with Crippen LogP contribution in [0.2, 0.25) is 0 Å².